The lowest BCUT2D eigenvalue weighted by Gasteiger charge is -2.31. The maximum absolute atomic E-state index is 13.6. The molecule has 36 heavy (non-hydrogen) atoms. The largest absolute Gasteiger partial charge is 0.493 e. The average molecular weight is 499 g/mol. The van der Waals surface area contributed by atoms with Crippen LogP contribution in [-0.4, -0.2) is 70.0 Å². The van der Waals surface area contributed by atoms with E-state index in [1.54, 1.807) is 32.4 Å². The molecule has 1 aliphatic rings. The van der Waals surface area contributed by atoms with Gasteiger partial charge in [0.2, 0.25) is 0 Å². The lowest BCUT2D eigenvalue weighted by Crippen LogP contribution is -2.43. The van der Waals surface area contributed by atoms with Gasteiger partial charge in [-0.1, -0.05) is 18.2 Å². The molecule has 0 radical (unpaired) electrons. The van der Waals surface area contributed by atoms with E-state index in [0.717, 1.165) is 19.5 Å². The van der Waals surface area contributed by atoms with Gasteiger partial charge in [-0.05, 0) is 62.6 Å². The number of benzene rings is 2. The monoisotopic (exact) mass is 498 g/mol. The van der Waals surface area contributed by atoms with Gasteiger partial charge in [-0.2, -0.15) is 0 Å². The highest BCUT2D eigenvalue weighted by atomic mass is 16.5. The van der Waals surface area contributed by atoms with Crippen LogP contribution < -0.4 is 14.8 Å². The van der Waals surface area contributed by atoms with Crippen LogP contribution in [0.25, 0.3) is 0 Å². The number of hydrogen-bond acceptors (Lipinski definition) is 6. The van der Waals surface area contributed by atoms with Crippen molar-refractivity contribution in [1.82, 2.24) is 10.2 Å². The summed E-state index contributed by atoms with van der Waals surface area (Å²) < 4.78 is 22.8. The standard InChI is InChI=1S/C29H42N2O5/c1-20(2)31(29(32)24-10-11-26(34-6)27(15-24)35-13-7-12-33-5)18-25-16-30-17-28(25)36-19-23-9-8-21(3)22(4)14-23/h8-11,14-15,20,25,28,30H,7,12-13,16-19H2,1-6H3/t25-,28-/m0/s1. The molecular formula is C29H42N2O5. The minimum absolute atomic E-state index is 0.0193. The van der Waals surface area contributed by atoms with E-state index in [-0.39, 0.29) is 24.0 Å². The molecule has 2 atom stereocenters. The van der Waals surface area contributed by atoms with E-state index in [0.29, 0.717) is 43.4 Å². The summed E-state index contributed by atoms with van der Waals surface area (Å²) in [6, 6.07) is 11.9. The molecule has 0 aromatic heterocycles. The molecule has 1 N–H and O–H groups in total. The fourth-order valence-electron chi connectivity index (χ4n) is 4.44. The van der Waals surface area contributed by atoms with E-state index >= 15 is 0 Å². The zero-order valence-electron chi connectivity index (χ0n) is 22.6. The van der Waals surface area contributed by atoms with Crippen molar-refractivity contribution in [3.05, 3.63) is 58.7 Å². The highest BCUT2D eigenvalue weighted by Crippen LogP contribution is 2.29. The molecule has 3 rings (SSSR count). The van der Waals surface area contributed by atoms with E-state index in [1.165, 1.54) is 16.7 Å². The maximum atomic E-state index is 13.6. The Kier molecular flexibility index (Phi) is 10.6. The predicted octanol–water partition coefficient (Wildman–Crippen LogP) is 4.38. The molecule has 0 aliphatic carbocycles. The Balaban J connectivity index is 1.67. The number of carbonyl (C=O) groups is 1. The zero-order chi connectivity index (χ0) is 26.1. The van der Waals surface area contributed by atoms with Crippen LogP contribution in [0.1, 0.15) is 47.3 Å². The summed E-state index contributed by atoms with van der Waals surface area (Å²) in [6.07, 6.45) is 0.810. The fourth-order valence-corrected chi connectivity index (χ4v) is 4.44. The topological polar surface area (TPSA) is 69.3 Å². The Morgan fingerprint density at radius 1 is 1.03 bits per heavy atom. The number of nitrogens with zero attached hydrogens (tertiary/aromatic N) is 1. The summed E-state index contributed by atoms with van der Waals surface area (Å²) in [4.78, 5) is 15.5. The summed E-state index contributed by atoms with van der Waals surface area (Å²) in [5, 5.41) is 3.45. The van der Waals surface area contributed by atoms with E-state index in [1.807, 2.05) is 4.90 Å². The van der Waals surface area contributed by atoms with Crippen LogP contribution in [-0.2, 0) is 16.1 Å². The molecule has 1 aliphatic heterocycles. The second kappa shape index (κ2) is 13.6. The third-order valence-electron chi connectivity index (χ3n) is 6.79. The van der Waals surface area contributed by atoms with Gasteiger partial charge in [-0.3, -0.25) is 4.79 Å². The van der Waals surface area contributed by atoms with Crippen molar-refractivity contribution in [3.8, 4) is 11.5 Å². The lowest BCUT2D eigenvalue weighted by molar-refractivity contribution is 0.0129. The minimum Gasteiger partial charge on any atom is -0.493 e. The van der Waals surface area contributed by atoms with Crippen LogP contribution in [0, 0.1) is 19.8 Å². The van der Waals surface area contributed by atoms with Gasteiger partial charge >= 0.3 is 0 Å². The molecule has 1 saturated heterocycles. The second-order valence-electron chi connectivity index (χ2n) is 9.80. The van der Waals surface area contributed by atoms with E-state index < -0.39 is 0 Å². The first kappa shape index (κ1) is 28.0. The van der Waals surface area contributed by atoms with Crippen LogP contribution in [0.3, 0.4) is 0 Å². The molecule has 0 unspecified atom stereocenters. The third kappa shape index (κ3) is 7.45. The molecule has 1 amide bonds. The highest BCUT2D eigenvalue weighted by molar-refractivity contribution is 5.95. The van der Waals surface area contributed by atoms with Crippen molar-refractivity contribution in [2.75, 3.05) is 47.1 Å². The van der Waals surface area contributed by atoms with Crippen LogP contribution in [0.2, 0.25) is 0 Å². The Morgan fingerprint density at radius 3 is 2.53 bits per heavy atom. The van der Waals surface area contributed by atoms with Crippen molar-refractivity contribution in [3.63, 3.8) is 0 Å². The van der Waals surface area contributed by atoms with Gasteiger partial charge in [0.25, 0.3) is 5.91 Å². The Labute approximate surface area is 216 Å². The van der Waals surface area contributed by atoms with Crippen LogP contribution in [0.4, 0.5) is 0 Å². The van der Waals surface area contributed by atoms with Gasteiger partial charge in [0.05, 0.1) is 26.4 Å². The quantitative estimate of drug-likeness (QED) is 0.413. The van der Waals surface area contributed by atoms with Crippen molar-refractivity contribution in [2.24, 2.45) is 5.92 Å². The average Bonchev–Trinajstić information content (AvgIpc) is 3.32. The van der Waals surface area contributed by atoms with Gasteiger partial charge < -0.3 is 29.2 Å². The van der Waals surface area contributed by atoms with E-state index in [4.69, 9.17) is 18.9 Å². The Morgan fingerprint density at radius 2 is 1.83 bits per heavy atom. The van der Waals surface area contributed by atoms with Crippen molar-refractivity contribution >= 4 is 5.91 Å². The molecule has 0 spiro atoms. The zero-order valence-corrected chi connectivity index (χ0v) is 22.6. The lowest BCUT2D eigenvalue weighted by atomic mass is 10.0. The highest BCUT2D eigenvalue weighted by Gasteiger charge is 2.32. The van der Waals surface area contributed by atoms with Crippen molar-refractivity contribution in [1.29, 1.82) is 0 Å². The number of hydrogen-bond donors (Lipinski definition) is 1. The first-order chi connectivity index (χ1) is 17.3. The number of rotatable bonds is 13. The number of aryl methyl sites for hydroxylation is 2. The summed E-state index contributed by atoms with van der Waals surface area (Å²) in [5.41, 5.74) is 4.32. The molecule has 198 valence electrons. The smallest absolute Gasteiger partial charge is 0.254 e. The number of carbonyl (C=O) groups excluding carboxylic acids is 1. The molecule has 2 aromatic carbocycles. The normalized spacial score (nSPS) is 17.4. The van der Waals surface area contributed by atoms with E-state index in [2.05, 4.69) is 51.2 Å². The minimum atomic E-state index is -0.0193. The van der Waals surface area contributed by atoms with Gasteiger partial charge in [-0.25, -0.2) is 0 Å². The second-order valence-corrected chi connectivity index (χ2v) is 9.80. The van der Waals surface area contributed by atoms with E-state index in [9.17, 15) is 4.79 Å². The van der Waals surface area contributed by atoms with Crippen LogP contribution in [0.5, 0.6) is 11.5 Å². The summed E-state index contributed by atoms with van der Waals surface area (Å²) >= 11 is 0. The number of amides is 1. The van der Waals surface area contributed by atoms with Crippen molar-refractivity contribution < 1.29 is 23.7 Å². The SMILES string of the molecule is COCCCOc1cc(C(=O)N(C[C@@H]2CNC[C@@H]2OCc2ccc(C)c(C)c2)C(C)C)ccc1OC. The first-order valence-corrected chi connectivity index (χ1v) is 12.8. The number of nitrogens with one attached hydrogen (secondary N) is 1. The number of methoxy groups -OCH3 is 2. The maximum Gasteiger partial charge on any atom is 0.254 e. The van der Waals surface area contributed by atoms with Gasteiger partial charge in [0.1, 0.15) is 0 Å². The molecular weight excluding hydrogens is 456 g/mol. The molecule has 0 saturated carbocycles. The van der Waals surface area contributed by atoms with Gasteiger partial charge in [0, 0.05) is 57.3 Å². The predicted molar refractivity (Wildman–Crippen MR) is 142 cm³/mol. The van der Waals surface area contributed by atoms with Gasteiger partial charge in [0.15, 0.2) is 11.5 Å². The molecule has 1 fully saturated rings. The Bertz CT molecular complexity index is 994. The van der Waals surface area contributed by atoms with Crippen LogP contribution >= 0.6 is 0 Å². The number of ether oxygens (including phenoxy) is 4. The van der Waals surface area contributed by atoms with Crippen molar-refractivity contribution in [2.45, 2.75) is 52.9 Å². The molecule has 2 aromatic rings. The first-order valence-electron chi connectivity index (χ1n) is 12.8. The molecule has 7 nitrogen and oxygen atoms in total. The fraction of sp³-hybridized carbons (Fsp3) is 0.552. The summed E-state index contributed by atoms with van der Waals surface area (Å²) in [7, 11) is 3.27. The van der Waals surface area contributed by atoms with Gasteiger partial charge in [-0.15, -0.1) is 0 Å². The third-order valence-corrected chi connectivity index (χ3v) is 6.79. The molecule has 1 heterocycles. The molecule has 0 bridgehead atoms. The summed E-state index contributed by atoms with van der Waals surface area (Å²) in [5.74, 6) is 1.38. The Hall–Kier alpha value is -2.61. The molecule has 7 heteroatoms. The van der Waals surface area contributed by atoms with Crippen LogP contribution in [0.15, 0.2) is 36.4 Å². The summed E-state index contributed by atoms with van der Waals surface area (Å²) in [6.45, 7) is 12.3.